The van der Waals surface area contributed by atoms with Gasteiger partial charge in [-0.2, -0.15) is 0 Å². The summed E-state index contributed by atoms with van der Waals surface area (Å²) >= 11 is 0. The highest BCUT2D eigenvalue weighted by Gasteiger charge is 2.53. The van der Waals surface area contributed by atoms with Crippen molar-refractivity contribution >= 4 is 5.97 Å². The van der Waals surface area contributed by atoms with Crippen LogP contribution in [0.1, 0.15) is 79.6 Å². The largest absolute Gasteiger partial charge is 0.466 e. The third kappa shape index (κ3) is 3.83. The number of esters is 1. The summed E-state index contributed by atoms with van der Waals surface area (Å²) in [6, 6.07) is 0. The second kappa shape index (κ2) is 6.99. The van der Waals surface area contributed by atoms with E-state index in [-0.39, 0.29) is 5.97 Å². The SMILES string of the molecule is COC(=O)/C=C(\C)CC[C@H]1[C@@H](C)CC[C@@H]2C(C)(C)CCC[C@@]21C. The summed E-state index contributed by atoms with van der Waals surface area (Å²) in [6.07, 6.45) is 10.8. The zero-order valence-electron chi connectivity index (χ0n) is 16.1. The van der Waals surface area contributed by atoms with E-state index in [0.717, 1.165) is 29.7 Å². The van der Waals surface area contributed by atoms with Gasteiger partial charge in [-0.05, 0) is 67.6 Å². The molecule has 2 saturated carbocycles. The van der Waals surface area contributed by atoms with Gasteiger partial charge in [0, 0.05) is 6.08 Å². The maximum Gasteiger partial charge on any atom is 0.330 e. The highest BCUT2D eigenvalue weighted by molar-refractivity contribution is 5.82. The van der Waals surface area contributed by atoms with Crippen LogP contribution in [-0.2, 0) is 9.53 Å². The van der Waals surface area contributed by atoms with E-state index in [1.54, 1.807) is 6.08 Å². The third-order valence-corrected chi connectivity index (χ3v) is 7.14. The van der Waals surface area contributed by atoms with Gasteiger partial charge in [0.25, 0.3) is 0 Å². The summed E-state index contributed by atoms with van der Waals surface area (Å²) < 4.78 is 4.75. The van der Waals surface area contributed by atoms with Gasteiger partial charge in [-0.15, -0.1) is 0 Å². The van der Waals surface area contributed by atoms with E-state index in [1.807, 2.05) is 0 Å². The standard InChI is InChI=1S/C21H36O2/c1-15(14-19(22)23-6)8-10-17-16(2)9-11-18-20(3,4)12-7-13-21(17,18)5/h14,16-18H,7-13H2,1-6H3/b15-14+/t16-,17-,18+,21+/m0/s1. The van der Waals surface area contributed by atoms with Crippen molar-refractivity contribution in [2.45, 2.75) is 79.6 Å². The van der Waals surface area contributed by atoms with Crippen molar-refractivity contribution in [3.05, 3.63) is 11.6 Å². The van der Waals surface area contributed by atoms with Crippen LogP contribution >= 0.6 is 0 Å². The Bertz CT molecular complexity index is 462. The summed E-state index contributed by atoms with van der Waals surface area (Å²) in [5, 5.41) is 0. The van der Waals surface area contributed by atoms with Crippen molar-refractivity contribution in [2.24, 2.45) is 28.6 Å². The molecule has 2 rings (SSSR count). The van der Waals surface area contributed by atoms with Gasteiger partial charge in [0.1, 0.15) is 0 Å². The minimum Gasteiger partial charge on any atom is -0.466 e. The molecule has 0 bridgehead atoms. The Hall–Kier alpha value is -0.790. The number of carbonyl (C=O) groups excluding carboxylic acids is 1. The van der Waals surface area contributed by atoms with Crippen molar-refractivity contribution < 1.29 is 9.53 Å². The molecular formula is C21H36O2. The van der Waals surface area contributed by atoms with Crippen molar-refractivity contribution in [1.29, 1.82) is 0 Å². The highest BCUT2D eigenvalue weighted by atomic mass is 16.5. The Kier molecular flexibility index (Phi) is 5.63. The molecule has 0 amide bonds. The smallest absolute Gasteiger partial charge is 0.330 e. The molecule has 0 unspecified atom stereocenters. The number of allylic oxidation sites excluding steroid dienone is 1. The molecule has 0 N–H and O–H groups in total. The topological polar surface area (TPSA) is 26.3 Å². The van der Waals surface area contributed by atoms with Gasteiger partial charge in [0.05, 0.1) is 7.11 Å². The first-order valence-corrected chi connectivity index (χ1v) is 9.46. The lowest BCUT2D eigenvalue weighted by atomic mass is 9.46. The molecular weight excluding hydrogens is 284 g/mol. The number of hydrogen-bond donors (Lipinski definition) is 0. The predicted molar refractivity (Wildman–Crippen MR) is 96.1 cm³/mol. The molecule has 23 heavy (non-hydrogen) atoms. The number of rotatable bonds is 4. The fourth-order valence-electron chi connectivity index (χ4n) is 5.94. The summed E-state index contributed by atoms with van der Waals surface area (Å²) in [5.74, 6) is 2.22. The van der Waals surface area contributed by atoms with Crippen LogP contribution in [0.25, 0.3) is 0 Å². The molecule has 2 nitrogen and oxygen atoms in total. The minimum absolute atomic E-state index is 0.220. The van der Waals surface area contributed by atoms with E-state index < -0.39 is 0 Å². The van der Waals surface area contributed by atoms with Gasteiger partial charge in [-0.3, -0.25) is 0 Å². The molecule has 4 atom stereocenters. The second-order valence-corrected chi connectivity index (χ2v) is 9.11. The van der Waals surface area contributed by atoms with Crippen LogP contribution in [-0.4, -0.2) is 13.1 Å². The maximum absolute atomic E-state index is 11.4. The molecule has 0 aromatic carbocycles. The fraction of sp³-hybridized carbons (Fsp3) is 0.857. The highest BCUT2D eigenvalue weighted by Crippen LogP contribution is 2.62. The Morgan fingerprint density at radius 3 is 2.57 bits per heavy atom. The zero-order valence-corrected chi connectivity index (χ0v) is 16.1. The van der Waals surface area contributed by atoms with Gasteiger partial charge in [0.15, 0.2) is 0 Å². The molecule has 0 heterocycles. The molecule has 132 valence electrons. The Morgan fingerprint density at radius 1 is 1.22 bits per heavy atom. The van der Waals surface area contributed by atoms with Gasteiger partial charge >= 0.3 is 5.97 Å². The van der Waals surface area contributed by atoms with Crippen LogP contribution in [0.3, 0.4) is 0 Å². The van der Waals surface area contributed by atoms with Gasteiger partial charge in [-0.25, -0.2) is 4.79 Å². The van der Waals surface area contributed by atoms with Crippen molar-refractivity contribution in [3.8, 4) is 0 Å². The van der Waals surface area contributed by atoms with Crippen molar-refractivity contribution in [1.82, 2.24) is 0 Å². The van der Waals surface area contributed by atoms with E-state index in [0.29, 0.717) is 10.8 Å². The molecule has 2 heteroatoms. The third-order valence-electron chi connectivity index (χ3n) is 7.14. The molecule has 0 aromatic rings. The minimum atomic E-state index is -0.220. The van der Waals surface area contributed by atoms with Gasteiger partial charge < -0.3 is 4.74 Å². The summed E-state index contributed by atoms with van der Waals surface area (Å²) in [4.78, 5) is 11.4. The van der Waals surface area contributed by atoms with Crippen LogP contribution in [0.15, 0.2) is 11.6 Å². The molecule has 0 radical (unpaired) electrons. The van der Waals surface area contributed by atoms with Crippen LogP contribution in [0.4, 0.5) is 0 Å². The molecule has 0 aliphatic heterocycles. The molecule has 0 spiro atoms. The number of methoxy groups -OCH3 is 1. The Balaban J connectivity index is 2.12. The maximum atomic E-state index is 11.4. The normalized spacial score (nSPS) is 37.1. The van der Waals surface area contributed by atoms with Crippen LogP contribution in [0.5, 0.6) is 0 Å². The molecule has 0 aromatic heterocycles. The lowest BCUT2D eigenvalue weighted by molar-refractivity contribution is -0.134. The zero-order chi connectivity index (χ0) is 17.3. The second-order valence-electron chi connectivity index (χ2n) is 9.11. The van der Waals surface area contributed by atoms with E-state index in [2.05, 4.69) is 34.6 Å². The van der Waals surface area contributed by atoms with E-state index in [9.17, 15) is 4.79 Å². The summed E-state index contributed by atoms with van der Waals surface area (Å²) in [5.41, 5.74) is 2.12. The molecule has 2 fully saturated rings. The van der Waals surface area contributed by atoms with E-state index in [4.69, 9.17) is 4.74 Å². The molecule has 0 saturated heterocycles. The summed E-state index contributed by atoms with van der Waals surface area (Å²) in [6.45, 7) is 12.1. The van der Waals surface area contributed by atoms with Crippen LogP contribution in [0.2, 0.25) is 0 Å². The van der Waals surface area contributed by atoms with Crippen molar-refractivity contribution in [3.63, 3.8) is 0 Å². The van der Waals surface area contributed by atoms with Crippen LogP contribution in [0, 0.1) is 28.6 Å². The Morgan fingerprint density at radius 2 is 1.91 bits per heavy atom. The number of fused-ring (bicyclic) bond motifs is 1. The van der Waals surface area contributed by atoms with Crippen molar-refractivity contribution in [2.75, 3.05) is 7.11 Å². The molecule has 2 aliphatic carbocycles. The first-order valence-electron chi connectivity index (χ1n) is 9.46. The van der Waals surface area contributed by atoms with E-state index in [1.165, 1.54) is 45.6 Å². The monoisotopic (exact) mass is 320 g/mol. The molecule has 2 aliphatic rings. The van der Waals surface area contributed by atoms with Gasteiger partial charge in [0.2, 0.25) is 0 Å². The quantitative estimate of drug-likeness (QED) is 0.486. The lowest BCUT2D eigenvalue weighted by Gasteiger charge is -2.59. The summed E-state index contributed by atoms with van der Waals surface area (Å²) in [7, 11) is 1.45. The fourth-order valence-corrected chi connectivity index (χ4v) is 5.94. The number of hydrogen-bond acceptors (Lipinski definition) is 2. The first-order chi connectivity index (χ1) is 10.7. The van der Waals surface area contributed by atoms with Crippen LogP contribution < -0.4 is 0 Å². The lowest BCUT2D eigenvalue weighted by Crippen LogP contribution is -2.51. The average molecular weight is 321 g/mol. The first kappa shape index (κ1) is 18.5. The van der Waals surface area contributed by atoms with E-state index >= 15 is 0 Å². The van der Waals surface area contributed by atoms with Gasteiger partial charge in [-0.1, -0.05) is 46.1 Å². The Labute approximate surface area is 143 Å². The predicted octanol–water partition coefficient (Wildman–Crippen LogP) is 5.76. The number of ether oxygens (including phenoxy) is 1. The number of carbonyl (C=O) groups is 1. The average Bonchev–Trinajstić information content (AvgIpc) is 2.45.